The Balaban J connectivity index is 3.50. The standard InChI is InChI=1S/C10H20N2/c1-4-5-6-7-10(2,3)8-12-9-11/h12H,4-8H2,1-3H3. The molecule has 2 nitrogen and oxygen atoms in total. The highest BCUT2D eigenvalue weighted by Gasteiger charge is 2.16. The van der Waals surface area contributed by atoms with Gasteiger partial charge in [-0.15, -0.1) is 0 Å². The van der Waals surface area contributed by atoms with Gasteiger partial charge < -0.3 is 5.32 Å². The van der Waals surface area contributed by atoms with Gasteiger partial charge in [-0.2, -0.15) is 5.26 Å². The second-order valence-electron chi connectivity index (χ2n) is 4.09. The van der Waals surface area contributed by atoms with Crippen molar-refractivity contribution in [1.29, 1.82) is 5.26 Å². The predicted molar refractivity (Wildman–Crippen MR) is 51.5 cm³/mol. The maximum absolute atomic E-state index is 8.34. The molecule has 0 aromatic rings. The molecule has 0 radical (unpaired) electrons. The highest BCUT2D eigenvalue weighted by Crippen LogP contribution is 2.22. The van der Waals surface area contributed by atoms with Crippen LogP contribution < -0.4 is 5.32 Å². The maximum atomic E-state index is 8.34. The van der Waals surface area contributed by atoms with Gasteiger partial charge in [0.15, 0.2) is 6.19 Å². The van der Waals surface area contributed by atoms with Gasteiger partial charge in [-0.05, 0) is 11.8 Å². The summed E-state index contributed by atoms with van der Waals surface area (Å²) in [5.41, 5.74) is 0.269. The molecule has 0 rings (SSSR count). The van der Waals surface area contributed by atoms with Gasteiger partial charge in [0.2, 0.25) is 0 Å². The largest absolute Gasteiger partial charge is 0.323 e. The summed E-state index contributed by atoms with van der Waals surface area (Å²) < 4.78 is 0. The zero-order valence-electron chi connectivity index (χ0n) is 8.48. The van der Waals surface area contributed by atoms with E-state index in [1.807, 2.05) is 6.19 Å². The maximum Gasteiger partial charge on any atom is 0.176 e. The van der Waals surface area contributed by atoms with E-state index in [2.05, 4.69) is 26.1 Å². The van der Waals surface area contributed by atoms with E-state index < -0.39 is 0 Å². The molecule has 0 unspecified atom stereocenters. The lowest BCUT2D eigenvalue weighted by molar-refractivity contribution is 0.317. The van der Waals surface area contributed by atoms with Crippen molar-refractivity contribution in [3.8, 4) is 6.19 Å². The molecule has 1 N–H and O–H groups in total. The first kappa shape index (κ1) is 11.3. The van der Waals surface area contributed by atoms with E-state index >= 15 is 0 Å². The Hall–Kier alpha value is -0.710. The molecule has 0 saturated carbocycles. The number of nitrogens with zero attached hydrogens (tertiary/aromatic N) is 1. The molecule has 0 fully saturated rings. The van der Waals surface area contributed by atoms with E-state index in [0.29, 0.717) is 0 Å². The molecule has 0 aromatic carbocycles. The average molecular weight is 168 g/mol. The molecule has 70 valence electrons. The summed E-state index contributed by atoms with van der Waals surface area (Å²) in [5.74, 6) is 0. The third-order valence-electron chi connectivity index (χ3n) is 2.10. The van der Waals surface area contributed by atoms with Gasteiger partial charge in [-0.3, -0.25) is 0 Å². The Morgan fingerprint density at radius 3 is 2.50 bits per heavy atom. The van der Waals surface area contributed by atoms with E-state index in [4.69, 9.17) is 5.26 Å². The molecule has 0 saturated heterocycles. The summed E-state index contributed by atoms with van der Waals surface area (Å²) in [7, 11) is 0. The molecule has 0 aliphatic heterocycles. The number of hydrogen-bond donors (Lipinski definition) is 1. The molecule has 0 aliphatic carbocycles. The molecule has 0 aromatic heterocycles. The average Bonchev–Trinajstić information content (AvgIpc) is 2.01. The molecule has 0 atom stereocenters. The Labute approximate surface area is 76.0 Å². The Morgan fingerprint density at radius 1 is 1.33 bits per heavy atom. The van der Waals surface area contributed by atoms with E-state index in [1.165, 1.54) is 25.7 Å². The van der Waals surface area contributed by atoms with Crippen LogP contribution in [-0.2, 0) is 0 Å². The molecule has 0 heterocycles. The van der Waals surface area contributed by atoms with Gasteiger partial charge >= 0.3 is 0 Å². The summed E-state index contributed by atoms with van der Waals surface area (Å²) in [6.07, 6.45) is 7.01. The number of nitrogens with one attached hydrogen (secondary N) is 1. The lowest BCUT2D eigenvalue weighted by Crippen LogP contribution is -2.26. The van der Waals surface area contributed by atoms with Crippen LogP contribution in [-0.4, -0.2) is 6.54 Å². The summed E-state index contributed by atoms with van der Waals surface area (Å²) in [5, 5.41) is 11.1. The van der Waals surface area contributed by atoms with Crippen molar-refractivity contribution >= 4 is 0 Å². The third-order valence-corrected chi connectivity index (χ3v) is 2.10. The Kier molecular flexibility index (Phi) is 5.53. The number of hydrogen-bond acceptors (Lipinski definition) is 2. The second-order valence-corrected chi connectivity index (χ2v) is 4.09. The SMILES string of the molecule is CCCCCC(C)(C)CNC#N. The zero-order valence-corrected chi connectivity index (χ0v) is 8.48. The minimum Gasteiger partial charge on any atom is -0.323 e. The molecule has 2 heteroatoms. The first-order valence-corrected chi connectivity index (χ1v) is 4.74. The molecule has 0 spiro atoms. The highest BCUT2D eigenvalue weighted by molar-refractivity contribution is 4.76. The van der Waals surface area contributed by atoms with Crippen molar-refractivity contribution in [2.75, 3.05) is 6.54 Å². The van der Waals surface area contributed by atoms with Crippen molar-refractivity contribution in [1.82, 2.24) is 5.32 Å². The quantitative estimate of drug-likeness (QED) is 0.376. The lowest BCUT2D eigenvalue weighted by atomic mass is 9.87. The van der Waals surface area contributed by atoms with Crippen LogP contribution in [0.15, 0.2) is 0 Å². The Bertz CT molecular complexity index is 144. The minimum atomic E-state index is 0.269. The zero-order chi connectivity index (χ0) is 9.45. The van der Waals surface area contributed by atoms with Crippen molar-refractivity contribution in [3.05, 3.63) is 0 Å². The molecular weight excluding hydrogens is 148 g/mol. The second kappa shape index (κ2) is 5.88. The van der Waals surface area contributed by atoms with E-state index in [1.54, 1.807) is 0 Å². The summed E-state index contributed by atoms with van der Waals surface area (Å²) in [6, 6.07) is 0. The van der Waals surface area contributed by atoms with Crippen molar-refractivity contribution in [3.63, 3.8) is 0 Å². The van der Waals surface area contributed by atoms with E-state index in [0.717, 1.165) is 6.54 Å². The van der Waals surface area contributed by atoms with E-state index in [9.17, 15) is 0 Å². The number of nitriles is 1. The van der Waals surface area contributed by atoms with Gasteiger partial charge in [-0.1, -0.05) is 40.0 Å². The van der Waals surface area contributed by atoms with E-state index in [-0.39, 0.29) is 5.41 Å². The number of unbranched alkanes of at least 4 members (excludes halogenated alkanes) is 2. The topological polar surface area (TPSA) is 35.8 Å². The van der Waals surface area contributed by atoms with Crippen LogP contribution in [0.25, 0.3) is 0 Å². The molecule has 12 heavy (non-hydrogen) atoms. The number of rotatable bonds is 6. The molecule has 0 bridgehead atoms. The summed E-state index contributed by atoms with van der Waals surface area (Å²) in [4.78, 5) is 0. The van der Waals surface area contributed by atoms with Crippen molar-refractivity contribution < 1.29 is 0 Å². The fourth-order valence-corrected chi connectivity index (χ4v) is 1.22. The Morgan fingerprint density at radius 2 is 2.00 bits per heavy atom. The molecule has 0 amide bonds. The smallest absolute Gasteiger partial charge is 0.176 e. The van der Waals surface area contributed by atoms with Crippen LogP contribution >= 0.6 is 0 Å². The minimum absolute atomic E-state index is 0.269. The van der Waals surface area contributed by atoms with Crippen LogP contribution in [0.1, 0.15) is 46.5 Å². The lowest BCUT2D eigenvalue weighted by Gasteiger charge is -2.23. The van der Waals surface area contributed by atoms with Gasteiger partial charge in [0, 0.05) is 6.54 Å². The van der Waals surface area contributed by atoms with Crippen molar-refractivity contribution in [2.45, 2.75) is 46.5 Å². The fourth-order valence-electron chi connectivity index (χ4n) is 1.22. The monoisotopic (exact) mass is 168 g/mol. The van der Waals surface area contributed by atoms with Crippen molar-refractivity contribution in [2.24, 2.45) is 5.41 Å². The van der Waals surface area contributed by atoms with Crippen LogP contribution in [0.2, 0.25) is 0 Å². The van der Waals surface area contributed by atoms with Gasteiger partial charge in [0.25, 0.3) is 0 Å². The van der Waals surface area contributed by atoms with Crippen LogP contribution in [0, 0.1) is 16.9 Å². The van der Waals surface area contributed by atoms with Crippen LogP contribution in [0.4, 0.5) is 0 Å². The van der Waals surface area contributed by atoms with Gasteiger partial charge in [-0.25, -0.2) is 0 Å². The molecular formula is C10H20N2. The normalized spacial score (nSPS) is 10.8. The summed E-state index contributed by atoms with van der Waals surface area (Å²) >= 11 is 0. The first-order chi connectivity index (χ1) is 5.62. The van der Waals surface area contributed by atoms with Gasteiger partial charge in [0.1, 0.15) is 0 Å². The fraction of sp³-hybridized carbons (Fsp3) is 0.900. The van der Waals surface area contributed by atoms with Gasteiger partial charge in [0.05, 0.1) is 0 Å². The summed E-state index contributed by atoms with van der Waals surface area (Å²) in [6.45, 7) is 7.41. The molecule has 0 aliphatic rings. The van der Waals surface area contributed by atoms with Crippen LogP contribution in [0.3, 0.4) is 0 Å². The predicted octanol–water partition coefficient (Wildman–Crippen LogP) is 2.66. The highest BCUT2D eigenvalue weighted by atomic mass is 14.9. The van der Waals surface area contributed by atoms with Crippen LogP contribution in [0.5, 0.6) is 0 Å². The third kappa shape index (κ3) is 6.03. The first-order valence-electron chi connectivity index (χ1n) is 4.74.